The lowest BCUT2D eigenvalue weighted by molar-refractivity contribution is 0.477. The minimum atomic E-state index is -0.195. The maximum atomic E-state index is 6.16. The number of para-hydroxylation sites is 1. The summed E-state index contributed by atoms with van der Waals surface area (Å²) in [6, 6.07) is 15.8. The number of halogens is 1. The van der Waals surface area contributed by atoms with Crippen LogP contribution in [0.25, 0.3) is 11.0 Å². The van der Waals surface area contributed by atoms with Crippen LogP contribution < -0.4 is 11.3 Å². The smallest absolute Gasteiger partial charge is 0.152 e. The predicted octanol–water partition coefficient (Wildman–Crippen LogP) is 4.20. The molecule has 0 aliphatic heterocycles. The molecule has 0 aliphatic rings. The fourth-order valence-electron chi connectivity index (χ4n) is 2.48. The van der Waals surface area contributed by atoms with Crippen LogP contribution in [0, 0.1) is 0 Å². The number of hydrazine groups is 1. The second-order valence-corrected chi connectivity index (χ2v) is 5.41. The predicted molar refractivity (Wildman–Crippen MR) is 86.2 cm³/mol. The Bertz CT molecular complexity index is 749. The van der Waals surface area contributed by atoms with E-state index in [4.69, 9.17) is 21.9 Å². The van der Waals surface area contributed by atoms with E-state index in [9.17, 15) is 0 Å². The molecule has 0 spiro atoms. The summed E-state index contributed by atoms with van der Waals surface area (Å²) in [7, 11) is 0. The summed E-state index contributed by atoms with van der Waals surface area (Å²) in [4.78, 5) is 0. The Kier molecular flexibility index (Phi) is 3.97. The largest absolute Gasteiger partial charge is 0.457 e. The molecule has 2 aromatic carbocycles. The molecule has 3 rings (SSSR count). The Labute approximate surface area is 128 Å². The van der Waals surface area contributed by atoms with Gasteiger partial charge in [0.15, 0.2) is 5.58 Å². The molecule has 3 nitrogen and oxygen atoms in total. The number of furan rings is 1. The first-order valence-electron chi connectivity index (χ1n) is 6.96. The van der Waals surface area contributed by atoms with E-state index in [1.807, 2.05) is 24.3 Å². The average molecular weight is 301 g/mol. The van der Waals surface area contributed by atoms with Gasteiger partial charge in [0, 0.05) is 5.39 Å². The highest BCUT2D eigenvalue weighted by molar-refractivity contribution is 6.34. The molecule has 108 valence electrons. The molecule has 3 N–H and O–H groups in total. The second kappa shape index (κ2) is 5.90. The summed E-state index contributed by atoms with van der Waals surface area (Å²) < 4.78 is 5.89. The van der Waals surface area contributed by atoms with Gasteiger partial charge in [0.1, 0.15) is 11.8 Å². The molecule has 1 atom stereocenters. The van der Waals surface area contributed by atoms with Crippen molar-refractivity contribution < 1.29 is 4.42 Å². The van der Waals surface area contributed by atoms with Gasteiger partial charge in [-0.2, -0.15) is 0 Å². The Hall–Kier alpha value is -1.81. The normalized spacial score (nSPS) is 12.7. The van der Waals surface area contributed by atoms with E-state index in [1.165, 1.54) is 5.56 Å². The van der Waals surface area contributed by atoms with Crippen molar-refractivity contribution in [1.82, 2.24) is 5.43 Å². The maximum absolute atomic E-state index is 6.16. The van der Waals surface area contributed by atoms with Crippen LogP contribution in [0.3, 0.4) is 0 Å². The minimum Gasteiger partial charge on any atom is -0.457 e. The summed E-state index contributed by atoms with van der Waals surface area (Å²) in [6.07, 6.45) is 1.02. The van der Waals surface area contributed by atoms with Crippen LogP contribution in [0.5, 0.6) is 0 Å². The molecule has 1 aromatic heterocycles. The third-order valence-corrected chi connectivity index (χ3v) is 3.99. The fraction of sp³-hybridized carbons (Fsp3) is 0.176. The Morgan fingerprint density at radius 1 is 1.19 bits per heavy atom. The van der Waals surface area contributed by atoms with Crippen molar-refractivity contribution in [3.05, 3.63) is 70.4 Å². The van der Waals surface area contributed by atoms with Crippen LogP contribution in [0.1, 0.15) is 29.9 Å². The van der Waals surface area contributed by atoms with Gasteiger partial charge >= 0.3 is 0 Å². The molecule has 0 radical (unpaired) electrons. The van der Waals surface area contributed by atoms with Gasteiger partial charge in [-0.3, -0.25) is 5.84 Å². The zero-order valence-corrected chi connectivity index (χ0v) is 12.5. The molecule has 21 heavy (non-hydrogen) atoms. The average Bonchev–Trinajstić information content (AvgIpc) is 2.94. The van der Waals surface area contributed by atoms with Crippen molar-refractivity contribution in [2.45, 2.75) is 19.4 Å². The lowest BCUT2D eigenvalue weighted by atomic mass is 10.0. The van der Waals surface area contributed by atoms with Gasteiger partial charge in [-0.25, -0.2) is 5.43 Å². The van der Waals surface area contributed by atoms with E-state index < -0.39 is 0 Å². The Balaban J connectivity index is 2.02. The van der Waals surface area contributed by atoms with Crippen LogP contribution in [0.15, 0.2) is 52.9 Å². The first kappa shape index (κ1) is 14.1. The zero-order valence-electron chi connectivity index (χ0n) is 11.8. The van der Waals surface area contributed by atoms with Crippen LogP contribution in [-0.4, -0.2) is 0 Å². The van der Waals surface area contributed by atoms with Crippen molar-refractivity contribution in [3.63, 3.8) is 0 Å². The van der Waals surface area contributed by atoms with Crippen LogP contribution >= 0.6 is 11.6 Å². The van der Waals surface area contributed by atoms with E-state index in [0.717, 1.165) is 23.1 Å². The number of hydrogen-bond donors (Lipinski definition) is 2. The number of fused-ring (bicyclic) bond motifs is 1. The lowest BCUT2D eigenvalue weighted by Crippen LogP contribution is -2.28. The van der Waals surface area contributed by atoms with Crippen molar-refractivity contribution in [1.29, 1.82) is 0 Å². The highest BCUT2D eigenvalue weighted by Crippen LogP contribution is 2.31. The molecule has 0 saturated carbocycles. The van der Waals surface area contributed by atoms with E-state index in [0.29, 0.717) is 10.6 Å². The molecule has 3 aromatic rings. The first-order valence-corrected chi connectivity index (χ1v) is 7.33. The molecule has 1 heterocycles. The van der Waals surface area contributed by atoms with Gasteiger partial charge in [-0.15, -0.1) is 0 Å². The van der Waals surface area contributed by atoms with E-state index in [1.54, 1.807) is 0 Å². The third-order valence-electron chi connectivity index (χ3n) is 3.69. The standard InChI is InChI=1S/C17H17ClN2O/c1-2-11-6-8-12(9-7-11)16(20-19)15-10-13-4-3-5-14(18)17(13)21-15/h3-10,16,20H,2,19H2,1H3. The van der Waals surface area contributed by atoms with Gasteiger partial charge in [0.25, 0.3) is 0 Å². The number of benzene rings is 2. The first-order chi connectivity index (χ1) is 10.2. The zero-order chi connectivity index (χ0) is 14.8. The molecular weight excluding hydrogens is 284 g/mol. The van der Waals surface area contributed by atoms with Gasteiger partial charge in [0.2, 0.25) is 0 Å². The van der Waals surface area contributed by atoms with Gasteiger partial charge in [0.05, 0.1) is 5.02 Å². The number of rotatable bonds is 4. The van der Waals surface area contributed by atoms with E-state index in [-0.39, 0.29) is 6.04 Å². The topological polar surface area (TPSA) is 51.2 Å². The lowest BCUT2D eigenvalue weighted by Gasteiger charge is -2.14. The molecule has 0 aliphatic carbocycles. The summed E-state index contributed by atoms with van der Waals surface area (Å²) in [6.45, 7) is 2.13. The summed E-state index contributed by atoms with van der Waals surface area (Å²) in [5.41, 5.74) is 5.86. The molecule has 0 fully saturated rings. The Morgan fingerprint density at radius 2 is 1.95 bits per heavy atom. The van der Waals surface area contributed by atoms with Crippen molar-refractivity contribution in [2.75, 3.05) is 0 Å². The minimum absolute atomic E-state index is 0.195. The summed E-state index contributed by atoms with van der Waals surface area (Å²) >= 11 is 6.16. The quantitative estimate of drug-likeness (QED) is 0.561. The highest BCUT2D eigenvalue weighted by Gasteiger charge is 2.18. The highest BCUT2D eigenvalue weighted by atomic mass is 35.5. The molecule has 0 saturated heterocycles. The number of nitrogens with two attached hydrogens (primary N) is 1. The number of aryl methyl sites for hydroxylation is 1. The van der Waals surface area contributed by atoms with Gasteiger partial charge in [-0.1, -0.05) is 54.9 Å². The molecular formula is C17H17ClN2O. The van der Waals surface area contributed by atoms with Crippen LogP contribution in [0.2, 0.25) is 5.02 Å². The monoisotopic (exact) mass is 300 g/mol. The van der Waals surface area contributed by atoms with E-state index in [2.05, 4.69) is 36.6 Å². The number of hydrogen-bond acceptors (Lipinski definition) is 3. The van der Waals surface area contributed by atoms with Crippen LogP contribution in [0.4, 0.5) is 0 Å². The molecule has 0 bridgehead atoms. The van der Waals surface area contributed by atoms with Crippen molar-refractivity contribution in [3.8, 4) is 0 Å². The summed E-state index contributed by atoms with van der Waals surface area (Å²) in [5, 5.41) is 1.58. The SMILES string of the molecule is CCc1ccc(C(NN)c2cc3cccc(Cl)c3o2)cc1. The maximum Gasteiger partial charge on any atom is 0.152 e. The molecule has 0 amide bonds. The van der Waals surface area contributed by atoms with Crippen molar-refractivity contribution in [2.24, 2.45) is 5.84 Å². The van der Waals surface area contributed by atoms with E-state index >= 15 is 0 Å². The van der Waals surface area contributed by atoms with Gasteiger partial charge < -0.3 is 4.42 Å². The molecule has 1 unspecified atom stereocenters. The van der Waals surface area contributed by atoms with Crippen LogP contribution in [-0.2, 0) is 6.42 Å². The molecule has 4 heteroatoms. The summed E-state index contributed by atoms with van der Waals surface area (Å²) in [5.74, 6) is 6.48. The van der Waals surface area contributed by atoms with Gasteiger partial charge in [-0.05, 0) is 29.7 Å². The second-order valence-electron chi connectivity index (χ2n) is 5.00. The van der Waals surface area contributed by atoms with Crippen molar-refractivity contribution >= 4 is 22.6 Å². The fourth-order valence-corrected chi connectivity index (χ4v) is 2.70. The third kappa shape index (κ3) is 2.68. The Morgan fingerprint density at radius 3 is 2.57 bits per heavy atom. The number of nitrogens with one attached hydrogen (secondary N) is 1.